The second-order valence-corrected chi connectivity index (χ2v) is 4.55. The van der Waals surface area contributed by atoms with E-state index in [0.717, 1.165) is 5.56 Å². The Morgan fingerprint density at radius 2 is 1.79 bits per heavy atom. The van der Waals surface area contributed by atoms with Gasteiger partial charge in [0.15, 0.2) is 0 Å². The second-order valence-electron chi connectivity index (χ2n) is 3.64. The summed E-state index contributed by atoms with van der Waals surface area (Å²) in [5, 5.41) is 1.71. The first-order valence-electron chi connectivity index (χ1n) is 5.10. The van der Waals surface area contributed by atoms with Crippen molar-refractivity contribution in [3.05, 3.63) is 40.6 Å². The molecule has 0 radical (unpaired) electrons. The third kappa shape index (κ3) is 3.47. The summed E-state index contributed by atoms with van der Waals surface area (Å²) in [6, 6.07) is 6.98. The number of carbonyl (C=O) groups is 1. The molecule has 2 aromatic rings. The average molecular weight is 287 g/mol. The molecule has 7 heteroatoms. The van der Waals surface area contributed by atoms with Gasteiger partial charge in [-0.15, -0.1) is 24.5 Å². The van der Waals surface area contributed by atoms with Crippen LogP contribution in [-0.4, -0.2) is 12.3 Å². The lowest BCUT2D eigenvalue weighted by atomic mass is 10.1. The number of carbonyl (C=O) groups excluding carboxylic acids is 1. The number of halogens is 3. The van der Waals surface area contributed by atoms with Gasteiger partial charge in [-0.25, -0.2) is 0 Å². The molecule has 0 aliphatic heterocycles. The summed E-state index contributed by atoms with van der Waals surface area (Å²) in [5.41, 5.74) is 6.52. The summed E-state index contributed by atoms with van der Waals surface area (Å²) in [6.45, 7) is 0. The maximum Gasteiger partial charge on any atom is 0.573 e. The van der Waals surface area contributed by atoms with Crippen molar-refractivity contribution in [2.75, 3.05) is 0 Å². The molecular weight excluding hydrogens is 279 g/mol. The van der Waals surface area contributed by atoms with E-state index in [1.165, 1.54) is 35.6 Å². The summed E-state index contributed by atoms with van der Waals surface area (Å²) in [6.07, 6.45) is -4.71. The number of benzene rings is 1. The predicted octanol–water partition coefficient (Wildman–Crippen LogP) is 3.41. The molecule has 1 amide bonds. The highest BCUT2D eigenvalue weighted by atomic mass is 32.1. The highest BCUT2D eigenvalue weighted by Crippen LogP contribution is 2.29. The Bertz CT molecular complexity index is 590. The molecule has 0 saturated carbocycles. The molecule has 0 aliphatic rings. The van der Waals surface area contributed by atoms with Crippen LogP contribution in [0.2, 0.25) is 0 Å². The predicted molar refractivity (Wildman–Crippen MR) is 65.0 cm³/mol. The summed E-state index contributed by atoms with van der Waals surface area (Å²) < 4.78 is 39.7. The van der Waals surface area contributed by atoms with Crippen molar-refractivity contribution in [2.45, 2.75) is 6.36 Å². The Hall–Kier alpha value is -2.02. The number of rotatable bonds is 3. The lowest BCUT2D eigenvalue weighted by Gasteiger charge is -2.08. The number of alkyl halides is 3. The minimum absolute atomic E-state index is 0.290. The zero-order valence-corrected chi connectivity index (χ0v) is 10.2. The third-order valence-electron chi connectivity index (χ3n) is 2.26. The van der Waals surface area contributed by atoms with Gasteiger partial charge in [-0.2, -0.15) is 0 Å². The van der Waals surface area contributed by atoms with Crippen LogP contribution in [-0.2, 0) is 0 Å². The van der Waals surface area contributed by atoms with Gasteiger partial charge in [0.1, 0.15) is 5.75 Å². The van der Waals surface area contributed by atoms with E-state index in [2.05, 4.69) is 4.74 Å². The summed E-state index contributed by atoms with van der Waals surface area (Å²) in [4.78, 5) is 11.3. The first-order valence-corrected chi connectivity index (χ1v) is 5.97. The van der Waals surface area contributed by atoms with Crippen molar-refractivity contribution in [3.8, 4) is 16.9 Å². The number of hydrogen-bond donors (Lipinski definition) is 1. The maximum absolute atomic E-state index is 12.0. The standard InChI is InChI=1S/C12H8F3NO2S/c13-12(14,15)18-9-3-1-7(2-4-9)8-5-10(11(16)17)19-6-8/h1-6H,(H2,16,17). The second kappa shape index (κ2) is 4.93. The first-order chi connectivity index (χ1) is 8.85. The van der Waals surface area contributed by atoms with Crippen LogP contribution < -0.4 is 10.5 Å². The molecular formula is C12H8F3NO2S. The summed E-state index contributed by atoms with van der Waals surface area (Å²) in [5.74, 6) is -0.824. The molecule has 0 saturated heterocycles. The molecule has 0 fully saturated rings. The molecule has 0 atom stereocenters. The summed E-state index contributed by atoms with van der Waals surface area (Å²) in [7, 11) is 0. The lowest BCUT2D eigenvalue weighted by Crippen LogP contribution is -2.16. The number of hydrogen-bond acceptors (Lipinski definition) is 3. The van der Waals surface area contributed by atoms with Crippen LogP contribution in [0.5, 0.6) is 5.75 Å². The van der Waals surface area contributed by atoms with Crippen LogP contribution in [0.1, 0.15) is 9.67 Å². The molecule has 0 aliphatic carbocycles. The van der Waals surface area contributed by atoms with Gasteiger partial charge in [-0.05, 0) is 34.7 Å². The molecule has 0 unspecified atom stereocenters. The van der Waals surface area contributed by atoms with E-state index in [9.17, 15) is 18.0 Å². The van der Waals surface area contributed by atoms with E-state index in [4.69, 9.17) is 5.73 Å². The van der Waals surface area contributed by atoms with Gasteiger partial charge in [-0.3, -0.25) is 4.79 Å². The van der Waals surface area contributed by atoms with Gasteiger partial charge in [0.05, 0.1) is 4.88 Å². The molecule has 1 heterocycles. The molecule has 1 aromatic heterocycles. The maximum atomic E-state index is 12.0. The summed E-state index contributed by atoms with van der Waals surface area (Å²) >= 11 is 1.18. The van der Waals surface area contributed by atoms with Crippen molar-refractivity contribution in [3.63, 3.8) is 0 Å². The first kappa shape index (κ1) is 13.4. The van der Waals surface area contributed by atoms with E-state index >= 15 is 0 Å². The van der Waals surface area contributed by atoms with E-state index in [1.54, 1.807) is 11.4 Å². The van der Waals surface area contributed by atoms with Gasteiger partial charge in [0.2, 0.25) is 0 Å². The molecule has 2 N–H and O–H groups in total. The van der Waals surface area contributed by atoms with Crippen molar-refractivity contribution in [2.24, 2.45) is 5.73 Å². The van der Waals surface area contributed by atoms with Gasteiger partial charge in [0, 0.05) is 0 Å². The molecule has 1 aromatic carbocycles. The Morgan fingerprint density at radius 3 is 2.26 bits per heavy atom. The van der Waals surface area contributed by atoms with Gasteiger partial charge < -0.3 is 10.5 Å². The zero-order valence-electron chi connectivity index (χ0n) is 9.40. The van der Waals surface area contributed by atoms with Crippen LogP contribution in [0.25, 0.3) is 11.1 Å². The number of nitrogens with two attached hydrogens (primary N) is 1. The number of ether oxygens (including phenoxy) is 1. The lowest BCUT2D eigenvalue weighted by molar-refractivity contribution is -0.274. The highest BCUT2D eigenvalue weighted by Gasteiger charge is 2.30. The quantitative estimate of drug-likeness (QED) is 0.940. The molecule has 19 heavy (non-hydrogen) atoms. The number of primary amides is 1. The van der Waals surface area contributed by atoms with E-state index in [-0.39, 0.29) is 5.75 Å². The van der Waals surface area contributed by atoms with Crippen molar-refractivity contribution in [1.29, 1.82) is 0 Å². The van der Waals surface area contributed by atoms with Crippen molar-refractivity contribution >= 4 is 17.2 Å². The van der Waals surface area contributed by atoms with Gasteiger partial charge >= 0.3 is 6.36 Å². The minimum Gasteiger partial charge on any atom is -0.406 e. The smallest absolute Gasteiger partial charge is 0.406 e. The number of thiophene rings is 1. The van der Waals surface area contributed by atoms with Crippen LogP contribution in [0, 0.1) is 0 Å². The zero-order chi connectivity index (χ0) is 14.0. The monoisotopic (exact) mass is 287 g/mol. The molecule has 100 valence electrons. The normalized spacial score (nSPS) is 11.3. The van der Waals surface area contributed by atoms with Crippen molar-refractivity contribution < 1.29 is 22.7 Å². The minimum atomic E-state index is -4.71. The van der Waals surface area contributed by atoms with Crippen LogP contribution in [0.15, 0.2) is 35.7 Å². The molecule has 2 rings (SSSR count). The van der Waals surface area contributed by atoms with E-state index < -0.39 is 12.3 Å². The van der Waals surface area contributed by atoms with Crippen LogP contribution >= 0.6 is 11.3 Å². The van der Waals surface area contributed by atoms with E-state index in [1.807, 2.05) is 0 Å². The van der Waals surface area contributed by atoms with Crippen molar-refractivity contribution in [1.82, 2.24) is 0 Å². The topological polar surface area (TPSA) is 52.3 Å². The van der Waals surface area contributed by atoms with Crippen LogP contribution in [0.3, 0.4) is 0 Å². The van der Waals surface area contributed by atoms with Crippen LogP contribution in [0.4, 0.5) is 13.2 Å². The molecule has 3 nitrogen and oxygen atoms in total. The van der Waals surface area contributed by atoms with Gasteiger partial charge in [0.25, 0.3) is 5.91 Å². The van der Waals surface area contributed by atoms with Gasteiger partial charge in [-0.1, -0.05) is 12.1 Å². The SMILES string of the molecule is NC(=O)c1cc(-c2ccc(OC(F)(F)F)cc2)cs1. The molecule has 0 bridgehead atoms. The molecule has 0 spiro atoms. The Balaban J connectivity index is 2.20. The fourth-order valence-electron chi connectivity index (χ4n) is 1.47. The fourth-order valence-corrected chi connectivity index (χ4v) is 2.24. The average Bonchev–Trinajstić information content (AvgIpc) is 2.77. The Labute approximate surface area is 110 Å². The Kier molecular flexibility index (Phi) is 3.48. The Morgan fingerprint density at radius 1 is 1.16 bits per heavy atom. The highest BCUT2D eigenvalue weighted by molar-refractivity contribution is 7.12. The van der Waals surface area contributed by atoms with E-state index in [0.29, 0.717) is 10.4 Å². The fraction of sp³-hybridized carbons (Fsp3) is 0.0833. The number of amides is 1. The third-order valence-corrected chi connectivity index (χ3v) is 3.21. The largest absolute Gasteiger partial charge is 0.573 e.